The summed E-state index contributed by atoms with van der Waals surface area (Å²) >= 11 is 0. The molecular formula is C16H19N5O2. The number of carbonyl (C=O) groups excluding carboxylic acids is 1. The van der Waals surface area contributed by atoms with Crippen molar-refractivity contribution in [2.24, 2.45) is 0 Å². The van der Waals surface area contributed by atoms with E-state index < -0.39 is 0 Å². The van der Waals surface area contributed by atoms with Crippen LogP contribution in [0.25, 0.3) is 5.69 Å². The Morgan fingerprint density at radius 1 is 1.26 bits per heavy atom. The number of benzene rings is 1. The Balaban J connectivity index is 1.44. The van der Waals surface area contributed by atoms with Crippen LogP contribution in [0, 0.1) is 0 Å². The fraction of sp³-hybridized carbons (Fsp3) is 0.500. The third-order valence-corrected chi connectivity index (χ3v) is 4.71. The minimum atomic E-state index is 0.195. The molecule has 1 saturated heterocycles. The monoisotopic (exact) mass is 313 g/mol. The minimum absolute atomic E-state index is 0.195. The van der Waals surface area contributed by atoms with Crippen LogP contribution in [-0.4, -0.2) is 56.3 Å². The van der Waals surface area contributed by atoms with Crippen molar-refractivity contribution in [3.63, 3.8) is 0 Å². The van der Waals surface area contributed by atoms with E-state index in [0.29, 0.717) is 19.6 Å². The van der Waals surface area contributed by atoms with Crippen molar-refractivity contribution in [3.8, 4) is 5.69 Å². The molecule has 1 aliphatic carbocycles. The highest BCUT2D eigenvalue weighted by Gasteiger charge is 2.38. The fourth-order valence-electron chi connectivity index (χ4n) is 3.56. The standard InChI is InChI=1S/C16H19N5O2/c22-16(20-8-9-23-15-3-1-2-14(15)20)10-12-4-6-13(7-5-12)21-11-17-18-19-21/h4-7,11,14-15H,1-3,8-10H2/t14-,15+/m0/s1. The van der Waals surface area contributed by atoms with Gasteiger partial charge in [0, 0.05) is 6.54 Å². The largest absolute Gasteiger partial charge is 0.374 e. The highest BCUT2D eigenvalue weighted by atomic mass is 16.5. The van der Waals surface area contributed by atoms with Crippen molar-refractivity contribution < 1.29 is 9.53 Å². The fourth-order valence-corrected chi connectivity index (χ4v) is 3.56. The minimum Gasteiger partial charge on any atom is -0.374 e. The van der Waals surface area contributed by atoms with Crippen molar-refractivity contribution >= 4 is 5.91 Å². The lowest BCUT2D eigenvalue weighted by atomic mass is 10.1. The molecule has 0 spiro atoms. The van der Waals surface area contributed by atoms with Gasteiger partial charge in [-0.3, -0.25) is 4.79 Å². The molecule has 7 heteroatoms. The molecule has 2 atom stereocenters. The van der Waals surface area contributed by atoms with E-state index in [1.54, 1.807) is 11.0 Å². The number of tetrazole rings is 1. The van der Waals surface area contributed by atoms with Gasteiger partial charge in [0.15, 0.2) is 0 Å². The number of fused-ring (bicyclic) bond motifs is 1. The summed E-state index contributed by atoms with van der Waals surface area (Å²) in [5.41, 5.74) is 1.89. The zero-order valence-electron chi connectivity index (χ0n) is 12.8. The number of hydrogen-bond acceptors (Lipinski definition) is 5. The van der Waals surface area contributed by atoms with Gasteiger partial charge >= 0.3 is 0 Å². The van der Waals surface area contributed by atoms with Gasteiger partial charge in [-0.15, -0.1) is 5.10 Å². The predicted molar refractivity (Wildman–Crippen MR) is 82.0 cm³/mol. The van der Waals surface area contributed by atoms with Crippen LogP contribution in [0.2, 0.25) is 0 Å². The first kappa shape index (κ1) is 14.3. The van der Waals surface area contributed by atoms with E-state index in [1.807, 2.05) is 29.2 Å². The van der Waals surface area contributed by atoms with Crippen LogP contribution in [0.1, 0.15) is 24.8 Å². The summed E-state index contributed by atoms with van der Waals surface area (Å²) in [6, 6.07) is 8.05. The number of aromatic nitrogens is 4. The summed E-state index contributed by atoms with van der Waals surface area (Å²) in [5, 5.41) is 11.1. The Hall–Kier alpha value is -2.28. The zero-order valence-corrected chi connectivity index (χ0v) is 12.8. The van der Waals surface area contributed by atoms with E-state index in [-0.39, 0.29) is 18.1 Å². The first-order chi connectivity index (χ1) is 11.3. The zero-order chi connectivity index (χ0) is 15.6. The molecule has 120 valence electrons. The molecule has 1 aliphatic heterocycles. The molecular weight excluding hydrogens is 294 g/mol. The lowest BCUT2D eigenvalue weighted by molar-refractivity contribution is -0.143. The maximum Gasteiger partial charge on any atom is 0.227 e. The second-order valence-electron chi connectivity index (χ2n) is 6.09. The second-order valence-corrected chi connectivity index (χ2v) is 6.09. The number of rotatable bonds is 3. The highest BCUT2D eigenvalue weighted by Crippen LogP contribution is 2.30. The molecule has 23 heavy (non-hydrogen) atoms. The maximum atomic E-state index is 12.7. The molecule has 1 saturated carbocycles. The van der Waals surface area contributed by atoms with E-state index in [0.717, 1.165) is 30.5 Å². The van der Waals surface area contributed by atoms with Crippen molar-refractivity contribution in [3.05, 3.63) is 36.2 Å². The van der Waals surface area contributed by atoms with Crippen LogP contribution in [0.3, 0.4) is 0 Å². The van der Waals surface area contributed by atoms with Gasteiger partial charge in [0.25, 0.3) is 0 Å². The average molecular weight is 313 g/mol. The lowest BCUT2D eigenvalue weighted by Gasteiger charge is -2.37. The van der Waals surface area contributed by atoms with E-state index >= 15 is 0 Å². The quantitative estimate of drug-likeness (QED) is 0.845. The Labute approximate surface area is 134 Å². The van der Waals surface area contributed by atoms with Crippen molar-refractivity contribution in [2.75, 3.05) is 13.2 Å². The van der Waals surface area contributed by atoms with Crippen LogP contribution < -0.4 is 0 Å². The van der Waals surface area contributed by atoms with Crippen LogP contribution in [0.5, 0.6) is 0 Å². The Morgan fingerprint density at radius 3 is 2.91 bits per heavy atom. The molecule has 7 nitrogen and oxygen atoms in total. The maximum absolute atomic E-state index is 12.7. The molecule has 1 aromatic heterocycles. The summed E-state index contributed by atoms with van der Waals surface area (Å²) in [6.45, 7) is 1.37. The molecule has 4 rings (SSSR count). The third-order valence-electron chi connectivity index (χ3n) is 4.71. The van der Waals surface area contributed by atoms with Gasteiger partial charge in [0.2, 0.25) is 5.91 Å². The van der Waals surface area contributed by atoms with Gasteiger partial charge in [0.05, 0.1) is 30.9 Å². The topological polar surface area (TPSA) is 73.1 Å². The SMILES string of the molecule is O=C(Cc1ccc(-n2cnnn2)cc1)N1CCO[C@@H]2CCC[C@@H]21. The molecule has 2 heterocycles. The van der Waals surface area contributed by atoms with Crippen LogP contribution in [-0.2, 0) is 16.0 Å². The average Bonchev–Trinajstić information content (AvgIpc) is 3.26. The van der Waals surface area contributed by atoms with Crippen LogP contribution in [0.4, 0.5) is 0 Å². The molecule has 2 fully saturated rings. The molecule has 0 radical (unpaired) electrons. The number of nitrogens with zero attached hydrogens (tertiary/aromatic N) is 5. The van der Waals surface area contributed by atoms with Gasteiger partial charge in [-0.25, -0.2) is 4.68 Å². The lowest BCUT2D eigenvalue weighted by Crippen LogP contribution is -2.51. The third kappa shape index (κ3) is 2.84. The van der Waals surface area contributed by atoms with E-state index in [4.69, 9.17) is 4.74 Å². The highest BCUT2D eigenvalue weighted by molar-refractivity contribution is 5.79. The van der Waals surface area contributed by atoms with Crippen molar-refractivity contribution in [2.45, 2.75) is 37.8 Å². The van der Waals surface area contributed by atoms with Crippen LogP contribution >= 0.6 is 0 Å². The van der Waals surface area contributed by atoms with E-state index in [2.05, 4.69) is 15.5 Å². The Morgan fingerprint density at radius 2 is 2.13 bits per heavy atom. The Bertz CT molecular complexity index is 670. The molecule has 1 aromatic carbocycles. The molecule has 1 amide bonds. The summed E-state index contributed by atoms with van der Waals surface area (Å²) in [6.07, 6.45) is 5.52. The number of hydrogen-bond donors (Lipinski definition) is 0. The molecule has 0 N–H and O–H groups in total. The first-order valence-electron chi connectivity index (χ1n) is 8.04. The predicted octanol–water partition coefficient (Wildman–Crippen LogP) is 0.985. The molecule has 2 aromatic rings. The van der Waals surface area contributed by atoms with E-state index in [9.17, 15) is 4.79 Å². The Kier molecular flexibility index (Phi) is 3.78. The van der Waals surface area contributed by atoms with Gasteiger partial charge in [-0.2, -0.15) is 0 Å². The van der Waals surface area contributed by atoms with Gasteiger partial charge in [0.1, 0.15) is 6.33 Å². The summed E-state index contributed by atoms with van der Waals surface area (Å²) in [7, 11) is 0. The van der Waals surface area contributed by atoms with Crippen molar-refractivity contribution in [1.82, 2.24) is 25.1 Å². The summed E-state index contributed by atoms with van der Waals surface area (Å²) < 4.78 is 7.37. The second kappa shape index (κ2) is 6.08. The van der Waals surface area contributed by atoms with Crippen LogP contribution in [0.15, 0.2) is 30.6 Å². The summed E-state index contributed by atoms with van der Waals surface area (Å²) in [5.74, 6) is 0.195. The molecule has 0 unspecified atom stereocenters. The summed E-state index contributed by atoms with van der Waals surface area (Å²) in [4.78, 5) is 14.7. The number of morpholine rings is 1. The number of amides is 1. The number of carbonyl (C=O) groups is 1. The number of ether oxygens (including phenoxy) is 1. The van der Waals surface area contributed by atoms with Gasteiger partial charge < -0.3 is 9.64 Å². The van der Waals surface area contributed by atoms with Gasteiger partial charge in [-0.1, -0.05) is 12.1 Å². The molecule has 2 aliphatic rings. The normalized spacial score (nSPS) is 23.7. The first-order valence-corrected chi connectivity index (χ1v) is 8.04. The van der Waals surface area contributed by atoms with Gasteiger partial charge in [-0.05, 0) is 47.4 Å². The van der Waals surface area contributed by atoms with E-state index in [1.165, 1.54) is 0 Å². The smallest absolute Gasteiger partial charge is 0.227 e. The molecule has 0 bridgehead atoms. The van der Waals surface area contributed by atoms with Crippen molar-refractivity contribution in [1.29, 1.82) is 0 Å².